The van der Waals surface area contributed by atoms with Crippen molar-refractivity contribution < 1.29 is 9.13 Å². The van der Waals surface area contributed by atoms with Crippen molar-refractivity contribution in [1.82, 2.24) is 4.90 Å². The zero-order valence-electron chi connectivity index (χ0n) is 11.6. The Balaban J connectivity index is 1.93. The molecule has 0 spiro atoms. The zero-order valence-corrected chi connectivity index (χ0v) is 11.6. The molecule has 2 N–H and O–H groups in total. The maximum atomic E-state index is 13.3. The SMILES string of the molecule is COc1ccc(F)cc1CC(N)CN1CCCCC1. The van der Waals surface area contributed by atoms with E-state index >= 15 is 0 Å². The molecule has 4 heteroatoms. The number of methoxy groups -OCH3 is 1. The van der Waals surface area contributed by atoms with Gasteiger partial charge >= 0.3 is 0 Å². The summed E-state index contributed by atoms with van der Waals surface area (Å²) in [6, 6.07) is 4.62. The highest BCUT2D eigenvalue weighted by Gasteiger charge is 2.15. The van der Waals surface area contributed by atoms with Gasteiger partial charge in [0.25, 0.3) is 0 Å². The molecule has 2 rings (SSSR count). The predicted molar refractivity (Wildman–Crippen MR) is 74.9 cm³/mol. The van der Waals surface area contributed by atoms with Crippen LogP contribution in [0.4, 0.5) is 4.39 Å². The van der Waals surface area contributed by atoms with E-state index in [-0.39, 0.29) is 11.9 Å². The number of hydrogen-bond donors (Lipinski definition) is 1. The number of likely N-dealkylation sites (tertiary alicyclic amines) is 1. The average Bonchev–Trinajstić information content (AvgIpc) is 2.40. The Morgan fingerprint density at radius 3 is 2.74 bits per heavy atom. The Hall–Kier alpha value is -1.13. The molecule has 0 radical (unpaired) electrons. The van der Waals surface area contributed by atoms with E-state index in [1.54, 1.807) is 13.2 Å². The van der Waals surface area contributed by atoms with Crippen LogP contribution in [-0.2, 0) is 6.42 Å². The van der Waals surface area contributed by atoms with Crippen LogP contribution >= 0.6 is 0 Å². The first kappa shape index (κ1) is 14.3. The molecule has 1 saturated heterocycles. The molecule has 1 heterocycles. The lowest BCUT2D eigenvalue weighted by molar-refractivity contribution is 0.215. The molecule has 3 nitrogen and oxygen atoms in total. The summed E-state index contributed by atoms with van der Waals surface area (Å²) in [6.07, 6.45) is 4.49. The lowest BCUT2D eigenvalue weighted by Gasteiger charge is -2.29. The van der Waals surface area contributed by atoms with Crippen LogP contribution in [0.1, 0.15) is 24.8 Å². The molecule has 106 valence electrons. The summed E-state index contributed by atoms with van der Waals surface area (Å²) in [6.45, 7) is 3.14. The minimum Gasteiger partial charge on any atom is -0.496 e. The lowest BCUT2D eigenvalue weighted by atomic mass is 10.0. The van der Waals surface area contributed by atoms with E-state index in [4.69, 9.17) is 10.5 Å². The number of hydrogen-bond acceptors (Lipinski definition) is 3. The highest BCUT2D eigenvalue weighted by molar-refractivity contribution is 5.34. The average molecular weight is 266 g/mol. The van der Waals surface area contributed by atoms with E-state index < -0.39 is 0 Å². The van der Waals surface area contributed by atoms with Crippen LogP contribution in [0.25, 0.3) is 0 Å². The molecule has 1 aromatic rings. The van der Waals surface area contributed by atoms with Gasteiger partial charge in [0.15, 0.2) is 0 Å². The van der Waals surface area contributed by atoms with E-state index in [1.165, 1.54) is 31.4 Å². The standard InChI is InChI=1S/C15H23FN2O/c1-19-15-6-5-13(16)9-12(15)10-14(17)11-18-7-3-2-4-8-18/h5-6,9,14H,2-4,7-8,10-11,17H2,1H3. The molecular weight excluding hydrogens is 243 g/mol. The molecule has 0 bridgehead atoms. The van der Waals surface area contributed by atoms with Crippen molar-refractivity contribution in [2.45, 2.75) is 31.7 Å². The van der Waals surface area contributed by atoms with Crippen molar-refractivity contribution in [2.75, 3.05) is 26.7 Å². The first-order chi connectivity index (χ1) is 9.19. The number of benzene rings is 1. The van der Waals surface area contributed by atoms with Crippen molar-refractivity contribution in [3.05, 3.63) is 29.6 Å². The lowest BCUT2D eigenvalue weighted by Crippen LogP contribution is -2.41. The quantitative estimate of drug-likeness (QED) is 0.888. The monoisotopic (exact) mass is 266 g/mol. The third-order valence-corrected chi connectivity index (χ3v) is 3.67. The summed E-state index contributed by atoms with van der Waals surface area (Å²) in [5, 5.41) is 0. The van der Waals surface area contributed by atoms with Gasteiger partial charge in [-0.15, -0.1) is 0 Å². The number of piperidine rings is 1. The van der Waals surface area contributed by atoms with E-state index in [2.05, 4.69) is 4.90 Å². The van der Waals surface area contributed by atoms with Crippen LogP contribution < -0.4 is 10.5 Å². The molecule has 0 aliphatic carbocycles. The van der Waals surface area contributed by atoms with Crippen molar-refractivity contribution >= 4 is 0 Å². The smallest absolute Gasteiger partial charge is 0.123 e. The minimum absolute atomic E-state index is 0.0220. The number of rotatable bonds is 5. The fourth-order valence-corrected chi connectivity index (χ4v) is 2.73. The minimum atomic E-state index is -0.235. The number of halogens is 1. The molecule has 0 saturated carbocycles. The molecule has 1 aliphatic rings. The summed E-state index contributed by atoms with van der Waals surface area (Å²) < 4.78 is 18.5. The van der Waals surface area contributed by atoms with Crippen LogP contribution in [0.2, 0.25) is 0 Å². The van der Waals surface area contributed by atoms with Crippen LogP contribution in [0.15, 0.2) is 18.2 Å². The Morgan fingerprint density at radius 2 is 2.05 bits per heavy atom. The molecule has 1 aromatic carbocycles. The van der Waals surface area contributed by atoms with Gasteiger partial charge in [-0.3, -0.25) is 0 Å². The van der Waals surface area contributed by atoms with Gasteiger partial charge < -0.3 is 15.4 Å². The molecular formula is C15H23FN2O. The Kier molecular flexibility index (Phi) is 5.16. The Bertz CT molecular complexity index is 405. The number of ether oxygens (including phenoxy) is 1. The second-order valence-electron chi connectivity index (χ2n) is 5.28. The molecule has 1 unspecified atom stereocenters. The van der Waals surface area contributed by atoms with Crippen LogP contribution in [0.5, 0.6) is 5.75 Å². The second kappa shape index (κ2) is 6.87. The third-order valence-electron chi connectivity index (χ3n) is 3.67. The summed E-state index contributed by atoms with van der Waals surface area (Å²) in [4.78, 5) is 2.40. The Morgan fingerprint density at radius 1 is 1.32 bits per heavy atom. The predicted octanol–water partition coefficient (Wildman–Crippen LogP) is 2.19. The van der Waals surface area contributed by atoms with Crippen LogP contribution in [0.3, 0.4) is 0 Å². The summed E-state index contributed by atoms with van der Waals surface area (Å²) in [5.74, 6) is 0.483. The topological polar surface area (TPSA) is 38.5 Å². The van der Waals surface area contributed by atoms with Crippen LogP contribution in [-0.4, -0.2) is 37.7 Å². The molecule has 1 aliphatic heterocycles. The van der Waals surface area contributed by atoms with Crippen molar-refractivity contribution in [3.63, 3.8) is 0 Å². The molecule has 1 fully saturated rings. The van der Waals surface area contributed by atoms with E-state index in [1.807, 2.05) is 0 Å². The van der Waals surface area contributed by atoms with Gasteiger partial charge in [0.05, 0.1) is 7.11 Å². The van der Waals surface area contributed by atoms with Crippen LogP contribution in [0, 0.1) is 5.82 Å². The number of nitrogens with zero attached hydrogens (tertiary/aromatic N) is 1. The summed E-state index contributed by atoms with van der Waals surface area (Å²) >= 11 is 0. The molecule has 0 aromatic heterocycles. The first-order valence-corrected chi connectivity index (χ1v) is 6.99. The van der Waals surface area contributed by atoms with Crippen molar-refractivity contribution in [3.8, 4) is 5.75 Å². The maximum absolute atomic E-state index is 13.3. The Labute approximate surface area is 114 Å². The zero-order chi connectivity index (χ0) is 13.7. The first-order valence-electron chi connectivity index (χ1n) is 6.99. The van der Waals surface area contributed by atoms with E-state index in [0.29, 0.717) is 6.42 Å². The third kappa shape index (κ3) is 4.18. The summed E-state index contributed by atoms with van der Waals surface area (Å²) in [7, 11) is 1.60. The second-order valence-corrected chi connectivity index (χ2v) is 5.28. The highest BCUT2D eigenvalue weighted by Crippen LogP contribution is 2.21. The van der Waals surface area contributed by atoms with Gasteiger partial charge in [-0.25, -0.2) is 4.39 Å². The van der Waals surface area contributed by atoms with Crippen molar-refractivity contribution in [1.29, 1.82) is 0 Å². The van der Waals surface area contributed by atoms with Crippen molar-refractivity contribution in [2.24, 2.45) is 5.73 Å². The van der Waals surface area contributed by atoms with E-state index in [9.17, 15) is 4.39 Å². The van der Waals surface area contributed by atoms with Gasteiger partial charge in [0.1, 0.15) is 11.6 Å². The largest absolute Gasteiger partial charge is 0.496 e. The fourth-order valence-electron chi connectivity index (χ4n) is 2.73. The normalized spacial score (nSPS) is 18.3. The molecule has 1 atom stereocenters. The van der Waals surface area contributed by atoms with Gasteiger partial charge in [-0.2, -0.15) is 0 Å². The van der Waals surface area contributed by atoms with Gasteiger partial charge in [0, 0.05) is 12.6 Å². The molecule has 19 heavy (non-hydrogen) atoms. The number of nitrogens with two attached hydrogens (primary N) is 1. The molecule has 0 amide bonds. The fraction of sp³-hybridized carbons (Fsp3) is 0.600. The van der Waals surface area contributed by atoms with Gasteiger partial charge in [0.2, 0.25) is 0 Å². The van der Waals surface area contributed by atoms with Gasteiger partial charge in [-0.05, 0) is 56.1 Å². The summed E-state index contributed by atoms with van der Waals surface area (Å²) in [5.41, 5.74) is 7.04. The van der Waals surface area contributed by atoms with E-state index in [0.717, 1.165) is 30.9 Å². The van der Waals surface area contributed by atoms with Gasteiger partial charge in [-0.1, -0.05) is 6.42 Å². The maximum Gasteiger partial charge on any atom is 0.123 e. The highest BCUT2D eigenvalue weighted by atomic mass is 19.1.